The third-order valence-electron chi connectivity index (χ3n) is 5.84. The predicted octanol–water partition coefficient (Wildman–Crippen LogP) is -3.13. The number of phosphoric acid groups is 1. The number of aliphatic hydroxyl groups is 6. The lowest BCUT2D eigenvalue weighted by molar-refractivity contribution is -0.292. The van der Waals surface area contributed by atoms with Crippen LogP contribution in [0.25, 0.3) is 0 Å². The third-order valence-corrected chi connectivity index (χ3v) is 9.44. The highest BCUT2D eigenvalue weighted by Gasteiger charge is 2.56. The molecule has 0 saturated carbocycles. The molecule has 2 fully saturated rings. The number of alkyl halides is 1. The van der Waals surface area contributed by atoms with Crippen molar-refractivity contribution >= 4 is 26.9 Å². The third kappa shape index (κ3) is 7.24. The van der Waals surface area contributed by atoms with E-state index < -0.39 is 100.0 Å². The first-order valence-corrected chi connectivity index (χ1v) is 15.1. The van der Waals surface area contributed by atoms with Crippen LogP contribution in [0.1, 0.15) is 13.2 Å². The maximum atomic E-state index is 15.2. The summed E-state index contributed by atoms with van der Waals surface area (Å²) in [6.07, 6.45) is -16.6. The van der Waals surface area contributed by atoms with E-state index in [0.29, 0.717) is 4.57 Å². The number of H-pyrrole nitrogens is 1. The summed E-state index contributed by atoms with van der Waals surface area (Å²) < 4.78 is 64.8. The number of ether oxygens (including phenoxy) is 2. The molecule has 2 aliphatic rings. The number of aromatic amines is 1. The van der Waals surface area contributed by atoms with Crippen molar-refractivity contribution in [1.29, 1.82) is 0 Å². The van der Waals surface area contributed by atoms with Crippen molar-refractivity contribution in [2.24, 2.45) is 0 Å². The van der Waals surface area contributed by atoms with Gasteiger partial charge in [0, 0.05) is 12.3 Å². The van der Waals surface area contributed by atoms with E-state index >= 15 is 4.39 Å². The van der Waals surface area contributed by atoms with Gasteiger partial charge in [-0.3, -0.25) is 23.4 Å². The SMILES string of the molecule is C[C@@]1(F)[C@H](O)[C@@H](COP(=O)(S)OP(=O)(O)OC2OC([C@@H](O)CO)C(O)C(O)C2O)O[C@H]1n1ccc(=O)[nH]c1=O. The zero-order valence-corrected chi connectivity index (χ0v) is 22.4. The number of rotatable bonds is 10. The molecule has 7 unspecified atom stereocenters. The Kier molecular flexibility index (Phi) is 10.0. The Bertz CT molecular complexity index is 1230. The molecule has 0 amide bonds. The van der Waals surface area contributed by atoms with Gasteiger partial charge in [0.1, 0.15) is 42.7 Å². The van der Waals surface area contributed by atoms with Crippen LogP contribution in [-0.4, -0.2) is 113 Å². The zero-order valence-electron chi connectivity index (χ0n) is 19.7. The number of aliphatic hydroxyl groups excluding tert-OH is 6. The van der Waals surface area contributed by atoms with Crippen LogP contribution in [0.4, 0.5) is 4.39 Å². The van der Waals surface area contributed by atoms with Gasteiger partial charge in [0.25, 0.3) is 5.56 Å². The van der Waals surface area contributed by atoms with Gasteiger partial charge in [-0.1, -0.05) is 12.2 Å². The second-order valence-electron chi connectivity index (χ2n) is 8.75. The van der Waals surface area contributed by atoms with Crippen molar-refractivity contribution in [3.63, 3.8) is 0 Å². The van der Waals surface area contributed by atoms with Crippen LogP contribution >= 0.6 is 26.9 Å². The first-order chi connectivity index (χ1) is 17.9. The molecule has 0 radical (unpaired) electrons. The molecule has 8 N–H and O–H groups in total. The number of hydrogen-bond acceptors (Lipinski definition) is 15. The summed E-state index contributed by atoms with van der Waals surface area (Å²) in [6, 6.07) is 0.894. The molecule has 0 aromatic carbocycles. The number of thiol groups is 1. The van der Waals surface area contributed by atoms with Gasteiger partial charge in [-0.15, -0.1) is 0 Å². The maximum absolute atomic E-state index is 15.2. The van der Waals surface area contributed by atoms with Gasteiger partial charge in [-0.2, -0.15) is 4.31 Å². The lowest BCUT2D eigenvalue weighted by Gasteiger charge is -2.41. The molecule has 224 valence electrons. The average Bonchev–Trinajstić information content (AvgIpc) is 3.05. The lowest BCUT2D eigenvalue weighted by atomic mass is 9.96. The smallest absolute Gasteiger partial charge is 0.394 e. The minimum Gasteiger partial charge on any atom is -0.394 e. The maximum Gasteiger partial charge on any atom is 0.482 e. The standard InChI is InChI=1S/C17H27FN2O16P2S/c1-17(18)13(27)7(33-15(17)20-3-2-8(23)19-16(20)28)5-32-38(31,39)36-37(29,30)35-14-11(26)9(24)10(25)12(34-14)6(22)4-21/h2-3,6-7,9-15,21-22,24-27H,4-5H2,1H3,(H,29,30)(H,31,39)(H,19,23,28)/t6-,7+,9?,10?,11?,12?,13+,14?,15+,17+,38?/m0/s1. The molecule has 0 spiro atoms. The Morgan fingerprint density at radius 1 is 1.21 bits per heavy atom. The number of nitrogens with one attached hydrogen (secondary N) is 1. The second kappa shape index (κ2) is 12.0. The average molecular weight is 628 g/mol. The summed E-state index contributed by atoms with van der Waals surface area (Å²) in [5, 5.41) is 58.8. The van der Waals surface area contributed by atoms with Crippen LogP contribution in [-0.2, 0) is 32.0 Å². The summed E-state index contributed by atoms with van der Waals surface area (Å²) in [4.78, 5) is 35.1. The van der Waals surface area contributed by atoms with Crippen molar-refractivity contribution in [1.82, 2.24) is 9.55 Å². The molecule has 2 aliphatic heterocycles. The Morgan fingerprint density at radius 3 is 2.44 bits per heavy atom. The molecule has 22 heteroatoms. The number of hydrogen-bond donors (Lipinski definition) is 9. The molecule has 3 rings (SSSR count). The van der Waals surface area contributed by atoms with Crippen LogP contribution in [0.15, 0.2) is 21.9 Å². The fourth-order valence-electron chi connectivity index (χ4n) is 3.82. The number of nitrogens with zero attached hydrogens (tertiary/aromatic N) is 1. The van der Waals surface area contributed by atoms with Gasteiger partial charge in [0.05, 0.1) is 13.2 Å². The van der Waals surface area contributed by atoms with Crippen molar-refractivity contribution in [3.05, 3.63) is 33.1 Å². The summed E-state index contributed by atoms with van der Waals surface area (Å²) in [7, 11) is -5.55. The zero-order chi connectivity index (χ0) is 29.5. The largest absolute Gasteiger partial charge is 0.482 e. The van der Waals surface area contributed by atoms with E-state index in [9.17, 15) is 49.1 Å². The highest BCUT2D eigenvalue weighted by atomic mass is 32.7. The van der Waals surface area contributed by atoms with Crippen LogP contribution < -0.4 is 11.2 Å². The van der Waals surface area contributed by atoms with Gasteiger partial charge in [0.2, 0.25) is 0 Å². The molecule has 2 saturated heterocycles. The van der Waals surface area contributed by atoms with Gasteiger partial charge in [-0.25, -0.2) is 18.3 Å². The topological polar surface area (TPSA) is 277 Å². The van der Waals surface area contributed by atoms with Crippen LogP contribution in [0.3, 0.4) is 0 Å². The predicted molar refractivity (Wildman–Crippen MR) is 125 cm³/mol. The fraction of sp³-hybridized carbons (Fsp3) is 0.765. The highest BCUT2D eigenvalue weighted by Crippen LogP contribution is 2.66. The van der Waals surface area contributed by atoms with Crippen LogP contribution in [0.2, 0.25) is 0 Å². The Morgan fingerprint density at radius 2 is 1.85 bits per heavy atom. The molecular formula is C17H27FN2O16P2S. The van der Waals surface area contributed by atoms with E-state index in [4.69, 9.17) is 19.1 Å². The fourth-order valence-corrected chi connectivity index (χ4v) is 7.01. The molecule has 1 aromatic rings. The molecule has 0 bridgehead atoms. The molecule has 0 aliphatic carbocycles. The van der Waals surface area contributed by atoms with E-state index in [0.717, 1.165) is 19.2 Å². The van der Waals surface area contributed by atoms with E-state index in [1.54, 1.807) is 0 Å². The Labute approximate surface area is 222 Å². The first-order valence-electron chi connectivity index (χ1n) is 10.9. The summed E-state index contributed by atoms with van der Waals surface area (Å²) in [5.74, 6) is 0. The highest BCUT2D eigenvalue weighted by molar-refractivity contribution is 8.45. The number of phosphoric ester groups is 1. The molecular weight excluding hydrogens is 601 g/mol. The van der Waals surface area contributed by atoms with Gasteiger partial charge < -0.3 is 45.0 Å². The summed E-state index contributed by atoms with van der Waals surface area (Å²) >= 11 is 3.49. The summed E-state index contributed by atoms with van der Waals surface area (Å²) in [5.41, 5.74) is -4.50. The minimum atomic E-state index is -5.55. The first kappa shape index (κ1) is 32.5. The quantitative estimate of drug-likeness (QED) is 0.0915. The monoisotopic (exact) mass is 628 g/mol. The van der Waals surface area contributed by atoms with Gasteiger partial charge >= 0.3 is 20.3 Å². The van der Waals surface area contributed by atoms with Gasteiger partial charge in [0.15, 0.2) is 18.2 Å². The minimum absolute atomic E-state index is 0.638. The van der Waals surface area contributed by atoms with Crippen LogP contribution in [0.5, 0.6) is 0 Å². The molecule has 39 heavy (non-hydrogen) atoms. The van der Waals surface area contributed by atoms with E-state index in [-0.39, 0.29) is 0 Å². The van der Waals surface area contributed by atoms with Crippen molar-refractivity contribution in [3.8, 4) is 0 Å². The Hall–Kier alpha value is -1.06. The second-order valence-corrected chi connectivity index (χ2v) is 13.2. The van der Waals surface area contributed by atoms with Crippen molar-refractivity contribution < 1.29 is 71.9 Å². The molecule has 3 heterocycles. The number of aromatic nitrogens is 2. The Balaban J connectivity index is 1.66. The summed E-state index contributed by atoms with van der Waals surface area (Å²) in [6.45, 7) is -6.00. The molecule has 12 atom stereocenters. The lowest BCUT2D eigenvalue weighted by Crippen LogP contribution is -2.61. The van der Waals surface area contributed by atoms with Crippen LogP contribution in [0, 0.1) is 0 Å². The van der Waals surface area contributed by atoms with Crippen molar-refractivity contribution in [2.45, 2.75) is 67.8 Å². The van der Waals surface area contributed by atoms with E-state index in [1.165, 1.54) is 0 Å². The van der Waals surface area contributed by atoms with Gasteiger partial charge in [-0.05, 0) is 6.92 Å². The van der Waals surface area contributed by atoms with E-state index in [2.05, 4.69) is 21.1 Å². The normalized spacial score (nSPS) is 39.1. The molecule has 18 nitrogen and oxygen atoms in total. The van der Waals surface area contributed by atoms with Crippen molar-refractivity contribution in [2.75, 3.05) is 13.2 Å². The van der Waals surface area contributed by atoms with E-state index in [1.807, 2.05) is 4.98 Å². The molecule has 1 aromatic heterocycles. The number of halogens is 1.